The lowest BCUT2D eigenvalue weighted by molar-refractivity contribution is -0.263. The van der Waals surface area contributed by atoms with Crippen molar-refractivity contribution in [3.63, 3.8) is 0 Å². The van der Waals surface area contributed by atoms with Crippen LogP contribution in [0.25, 0.3) is 0 Å². The SMILES string of the molecule is COC1CCCC(C[C@@H](C)[C@@H]2CC(=O)[C@H](C)/C=C(\C)C(O)[C@@H](OC)C(=O)C(C)C[C@H](C)/C=C/C=C/C=C(\C)CC[C@@H]3CCC(C)C(O)(O3)C(=O)C(=O)N3CCCCC3C(=O)O2)C1. The van der Waals surface area contributed by atoms with Gasteiger partial charge in [-0.05, 0) is 108 Å². The highest BCUT2D eigenvalue weighted by Crippen LogP contribution is 2.37. The Hall–Kier alpha value is -3.29. The molecule has 2 bridgehead atoms. The molecular weight excluding hydrogens is 791 g/mol. The molecule has 0 aromatic carbocycles. The van der Waals surface area contributed by atoms with E-state index in [-0.39, 0.29) is 48.9 Å². The zero-order chi connectivity index (χ0) is 45.7. The van der Waals surface area contributed by atoms with E-state index in [0.717, 1.165) is 31.3 Å². The second-order valence-electron chi connectivity index (χ2n) is 19.1. The Bertz CT molecular complexity index is 1670. The smallest absolute Gasteiger partial charge is 0.329 e. The van der Waals surface area contributed by atoms with Gasteiger partial charge in [0.05, 0.1) is 12.2 Å². The van der Waals surface area contributed by atoms with Crippen LogP contribution in [0.4, 0.5) is 0 Å². The van der Waals surface area contributed by atoms with Gasteiger partial charge < -0.3 is 34.1 Å². The molecule has 1 amide bonds. The number of aliphatic hydroxyl groups is 2. The molecule has 12 nitrogen and oxygen atoms in total. The largest absolute Gasteiger partial charge is 0.460 e. The highest BCUT2D eigenvalue weighted by Gasteiger charge is 2.52. The molecule has 7 unspecified atom stereocenters. The fraction of sp³-hybridized carbons (Fsp3) is 0.740. The summed E-state index contributed by atoms with van der Waals surface area (Å²) in [5.41, 5.74) is 1.49. The molecule has 4 aliphatic rings. The van der Waals surface area contributed by atoms with E-state index in [1.165, 1.54) is 12.0 Å². The van der Waals surface area contributed by atoms with Crippen LogP contribution in [-0.2, 0) is 42.9 Å². The standard InChI is InChI=1S/C50H77NO11/c1-31-16-11-10-12-17-32(2)26-35(5)44(53)46(60-9)45(54)36(6)27-33(3)42(52)30-43(34(4)28-38-18-15-19-40(29-38)59-8)61-49(57)41-20-13-14-25-51(41)48(56)47(55)50(58)37(7)22-24-39(62-50)23-21-31/h10-12,16-17,27,32-35,37-41,43,45-46,54,58H,13-15,18-26,28-30H2,1-9H3/b11-10+,17-12+,31-16+,36-27+/t32-,33-,34-,35?,37?,38?,39-,40?,41?,43+,45?,46+,50?/m1/s1. The van der Waals surface area contributed by atoms with Gasteiger partial charge in [-0.3, -0.25) is 19.2 Å². The molecule has 348 valence electrons. The molecule has 3 fully saturated rings. The molecule has 1 saturated carbocycles. The number of fused-ring (bicyclic) bond motifs is 3. The number of ketones is 3. The zero-order valence-electron chi connectivity index (χ0n) is 39.0. The summed E-state index contributed by atoms with van der Waals surface area (Å²) in [6, 6.07) is -1.08. The lowest BCUT2D eigenvalue weighted by Crippen LogP contribution is -2.60. The maximum atomic E-state index is 14.3. The van der Waals surface area contributed by atoms with Crippen molar-refractivity contribution in [1.82, 2.24) is 4.90 Å². The first kappa shape index (κ1) is 51.3. The van der Waals surface area contributed by atoms with Gasteiger partial charge in [0.25, 0.3) is 11.7 Å². The van der Waals surface area contributed by atoms with Crippen LogP contribution in [0, 0.1) is 35.5 Å². The lowest BCUT2D eigenvalue weighted by Gasteiger charge is -2.42. The quantitative estimate of drug-likeness (QED) is 0.159. The Morgan fingerprint density at radius 2 is 1.63 bits per heavy atom. The predicted octanol–water partition coefficient (Wildman–Crippen LogP) is 7.58. The van der Waals surface area contributed by atoms with Crippen molar-refractivity contribution >= 4 is 29.2 Å². The first-order chi connectivity index (χ1) is 29.4. The molecule has 12 heteroatoms. The summed E-state index contributed by atoms with van der Waals surface area (Å²) in [7, 11) is 3.12. The van der Waals surface area contributed by atoms with Gasteiger partial charge in [0.2, 0.25) is 5.79 Å². The van der Waals surface area contributed by atoms with Gasteiger partial charge in [-0.25, -0.2) is 4.79 Å². The number of ether oxygens (including phenoxy) is 4. The number of methoxy groups -OCH3 is 2. The first-order valence-electron chi connectivity index (χ1n) is 23.3. The van der Waals surface area contributed by atoms with Crippen LogP contribution in [-0.4, -0.2) is 107 Å². The molecule has 1 aliphatic carbocycles. The van der Waals surface area contributed by atoms with E-state index in [0.29, 0.717) is 62.9 Å². The fourth-order valence-corrected chi connectivity index (χ4v) is 9.83. The van der Waals surface area contributed by atoms with Crippen molar-refractivity contribution < 1.29 is 53.1 Å². The summed E-state index contributed by atoms with van der Waals surface area (Å²) < 4.78 is 23.7. The molecule has 2 N–H and O–H groups in total. The molecule has 3 heterocycles. The van der Waals surface area contributed by atoms with Crippen LogP contribution >= 0.6 is 0 Å². The van der Waals surface area contributed by atoms with Crippen LogP contribution in [0.3, 0.4) is 0 Å². The summed E-state index contributed by atoms with van der Waals surface area (Å²) in [6.07, 6.45) is 16.7. The number of aliphatic hydroxyl groups excluding tert-OH is 1. The lowest BCUT2D eigenvalue weighted by atomic mass is 9.79. The monoisotopic (exact) mass is 868 g/mol. The highest BCUT2D eigenvalue weighted by molar-refractivity contribution is 6.39. The topological polar surface area (TPSA) is 166 Å². The Balaban J connectivity index is 1.67. The minimum absolute atomic E-state index is 0.0625. The van der Waals surface area contributed by atoms with E-state index in [2.05, 4.69) is 0 Å². The van der Waals surface area contributed by atoms with E-state index >= 15 is 0 Å². The number of allylic oxidation sites excluding steroid dienone is 7. The van der Waals surface area contributed by atoms with E-state index in [4.69, 9.17) is 18.9 Å². The number of rotatable bonds is 5. The van der Waals surface area contributed by atoms with Crippen LogP contribution in [0.1, 0.15) is 138 Å². The average molecular weight is 868 g/mol. The number of piperidine rings is 1. The molecule has 0 aromatic rings. The summed E-state index contributed by atoms with van der Waals surface area (Å²) in [5, 5.41) is 23.2. The Morgan fingerprint density at radius 1 is 0.887 bits per heavy atom. The third-order valence-corrected chi connectivity index (χ3v) is 14.0. The van der Waals surface area contributed by atoms with Crippen LogP contribution in [0.5, 0.6) is 0 Å². The van der Waals surface area contributed by atoms with Crippen molar-refractivity contribution in [3.05, 3.63) is 47.6 Å². The van der Waals surface area contributed by atoms with Crippen LogP contribution < -0.4 is 0 Å². The Labute approximate surface area is 370 Å². The number of carbonyl (C=O) groups excluding carboxylic acids is 5. The second kappa shape index (κ2) is 24.1. The summed E-state index contributed by atoms with van der Waals surface area (Å²) in [4.78, 5) is 71.4. The number of Topliss-reactive ketones (excluding diaryl/α,β-unsaturated/α-hetero) is 3. The summed E-state index contributed by atoms with van der Waals surface area (Å²) in [5.74, 6) is -7.13. The molecule has 13 atom stereocenters. The number of carbonyl (C=O) groups is 5. The zero-order valence-corrected chi connectivity index (χ0v) is 39.0. The number of hydrogen-bond acceptors (Lipinski definition) is 11. The van der Waals surface area contributed by atoms with Gasteiger partial charge in [0.15, 0.2) is 5.78 Å². The van der Waals surface area contributed by atoms with Gasteiger partial charge in [-0.2, -0.15) is 0 Å². The van der Waals surface area contributed by atoms with E-state index in [1.54, 1.807) is 34.0 Å². The number of nitrogens with zero attached hydrogens (tertiary/aromatic N) is 1. The Morgan fingerprint density at radius 3 is 2.34 bits per heavy atom. The molecule has 62 heavy (non-hydrogen) atoms. The van der Waals surface area contributed by atoms with Gasteiger partial charge in [0.1, 0.15) is 30.1 Å². The van der Waals surface area contributed by atoms with Gasteiger partial charge >= 0.3 is 5.97 Å². The van der Waals surface area contributed by atoms with Crippen molar-refractivity contribution in [3.8, 4) is 0 Å². The molecule has 0 radical (unpaired) electrons. The fourth-order valence-electron chi connectivity index (χ4n) is 9.83. The van der Waals surface area contributed by atoms with Gasteiger partial charge in [-0.15, -0.1) is 0 Å². The van der Waals surface area contributed by atoms with E-state index in [9.17, 15) is 34.2 Å². The van der Waals surface area contributed by atoms with Crippen molar-refractivity contribution in [1.29, 1.82) is 0 Å². The van der Waals surface area contributed by atoms with Crippen molar-refractivity contribution in [2.75, 3.05) is 20.8 Å². The normalized spacial score (nSPS) is 39.4. The number of amides is 1. The second-order valence-corrected chi connectivity index (χ2v) is 19.1. The van der Waals surface area contributed by atoms with Crippen LogP contribution in [0.2, 0.25) is 0 Å². The molecule has 3 aliphatic heterocycles. The van der Waals surface area contributed by atoms with E-state index in [1.807, 2.05) is 58.1 Å². The first-order valence-corrected chi connectivity index (χ1v) is 23.3. The molecule has 0 aromatic heterocycles. The number of esters is 1. The van der Waals surface area contributed by atoms with Crippen molar-refractivity contribution in [2.24, 2.45) is 35.5 Å². The third-order valence-electron chi connectivity index (χ3n) is 14.0. The maximum absolute atomic E-state index is 14.3. The third kappa shape index (κ3) is 13.9. The molecule has 0 spiro atoms. The van der Waals surface area contributed by atoms with Gasteiger partial charge in [-0.1, -0.05) is 89.5 Å². The van der Waals surface area contributed by atoms with Crippen molar-refractivity contribution in [2.45, 2.75) is 181 Å². The minimum Gasteiger partial charge on any atom is -0.460 e. The summed E-state index contributed by atoms with van der Waals surface area (Å²) >= 11 is 0. The van der Waals surface area contributed by atoms with Gasteiger partial charge in [0, 0.05) is 44.9 Å². The minimum atomic E-state index is -2.34. The molecule has 2 saturated heterocycles. The number of cyclic esters (lactones) is 1. The molecule has 4 rings (SSSR count). The number of hydrogen-bond donors (Lipinski definition) is 2. The summed E-state index contributed by atoms with van der Waals surface area (Å²) in [6.45, 7) is 13.1. The average Bonchev–Trinajstić information content (AvgIpc) is 3.25. The highest BCUT2D eigenvalue weighted by atomic mass is 16.6. The Kier molecular flexibility index (Phi) is 20.0. The predicted molar refractivity (Wildman–Crippen MR) is 238 cm³/mol. The maximum Gasteiger partial charge on any atom is 0.329 e. The van der Waals surface area contributed by atoms with Crippen LogP contribution in [0.15, 0.2) is 47.6 Å². The van der Waals surface area contributed by atoms with E-state index < -0.39 is 71.7 Å². The molecular formula is C50H77NO11.